The number of benzene rings is 1. The molecule has 1 aromatic carbocycles. The van der Waals surface area contributed by atoms with Gasteiger partial charge in [0.2, 0.25) is 5.91 Å². The Morgan fingerprint density at radius 3 is 2.61 bits per heavy atom. The summed E-state index contributed by atoms with van der Waals surface area (Å²) in [5, 5.41) is 11.7. The average Bonchev–Trinajstić information content (AvgIpc) is 3.14. The number of aliphatic carboxylic acids is 1. The molecule has 1 fully saturated rings. The number of rotatable bonds is 5. The molecule has 0 radical (unpaired) electrons. The first-order valence-electron chi connectivity index (χ1n) is 5.84. The van der Waals surface area contributed by atoms with E-state index in [4.69, 9.17) is 5.11 Å². The highest BCUT2D eigenvalue weighted by molar-refractivity contribution is 9.10. The number of carboxylic acid groups (broad SMARTS) is 1. The normalized spacial score (nSPS) is 16.1. The van der Waals surface area contributed by atoms with E-state index in [0.29, 0.717) is 0 Å². The molecule has 1 aromatic rings. The fraction of sp³-hybridized carbons (Fsp3) is 0.385. The summed E-state index contributed by atoms with van der Waals surface area (Å²) in [5.41, 5.74) is 0.876. The van der Waals surface area contributed by atoms with E-state index in [1.807, 2.05) is 24.3 Å². The molecule has 18 heavy (non-hydrogen) atoms. The van der Waals surface area contributed by atoms with Crippen LogP contribution in [0.3, 0.4) is 0 Å². The van der Waals surface area contributed by atoms with Crippen LogP contribution in [0, 0.1) is 5.92 Å². The van der Waals surface area contributed by atoms with Gasteiger partial charge in [0.25, 0.3) is 0 Å². The van der Waals surface area contributed by atoms with Crippen molar-refractivity contribution in [3.05, 3.63) is 34.3 Å². The summed E-state index contributed by atoms with van der Waals surface area (Å²) in [6, 6.07) is 6.56. The Morgan fingerprint density at radius 1 is 1.39 bits per heavy atom. The van der Waals surface area contributed by atoms with Crippen molar-refractivity contribution in [2.24, 2.45) is 5.92 Å². The fourth-order valence-corrected chi connectivity index (χ4v) is 2.17. The lowest BCUT2D eigenvalue weighted by molar-refractivity contribution is -0.142. The molecular formula is C13H14BrNO3. The Morgan fingerprint density at radius 2 is 2.06 bits per heavy atom. The van der Waals surface area contributed by atoms with Crippen LogP contribution in [-0.2, 0) is 16.0 Å². The molecule has 0 aliphatic heterocycles. The summed E-state index contributed by atoms with van der Waals surface area (Å²) in [4.78, 5) is 22.8. The van der Waals surface area contributed by atoms with Gasteiger partial charge in [-0.2, -0.15) is 0 Å². The number of hydrogen-bond donors (Lipinski definition) is 2. The van der Waals surface area contributed by atoms with E-state index in [2.05, 4.69) is 21.2 Å². The van der Waals surface area contributed by atoms with Crippen LogP contribution in [0.25, 0.3) is 0 Å². The Balaban J connectivity index is 2.04. The summed E-state index contributed by atoms with van der Waals surface area (Å²) in [5.74, 6) is -1.12. The Bertz CT molecular complexity index is 471. The highest BCUT2D eigenvalue weighted by atomic mass is 79.9. The molecule has 0 heterocycles. The van der Waals surface area contributed by atoms with Gasteiger partial charge in [0.05, 0.1) is 0 Å². The van der Waals surface area contributed by atoms with Crippen molar-refractivity contribution in [2.45, 2.75) is 25.3 Å². The molecule has 0 saturated heterocycles. The van der Waals surface area contributed by atoms with Crippen LogP contribution in [0.2, 0.25) is 0 Å². The number of hydrogen-bond acceptors (Lipinski definition) is 2. The fourth-order valence-electron chi connectivity index (χ4n) is 1.72. The molecule has 5 heteroatoms. The second-order valence-electron chi connectivity index (χ2n) is 4.47. The van der Waals surface area contributed by atoms with Crippen LogP contribution in [0.5, 0.6) is 0 Å². The molecule has 2 N–H and O–H groups in total. The summed E-state index contributed by atoms with van der Waals surface area (Å²) in [6.07, 6.45) is 2.02. The van der Waals surface area contributed by atoms with Crippen LogP contribution >= 0.6 is 15.9 Å². The second kappa shape index (κ2) is 5.52. The van der Waals surface area contributed by atoms with Crippen LogP contribution < -0.4 is 5.32 Å². The maximum Gasteiger partial charge on any atom is 0.326 e. The molecule has 0 spiro atoms. The van der Waals surface area contributed by atoms with Crippen molar-refractivity contribution in [2.75, 3.05) is 0 Å². The molecule has 96 valence electrons. The van der Waals surface area contributed by atoms with Gasteiger partial charge in [0.15, 0.2) is 0 Å². The molecule has 1 aliphatic carbocycles. The predicted octanol–water partition coefficient (Wildman–Crippen LogP) is 1.97. The van der Waals surface area contributed by atoms with Gasteiger partial charge in [0.1, 0.15) is 6.04 Å². The summed E-state index contributed by atoms with van der Waals surface area (Å²) in [6.45, 7) is 0. The Labute approximate surface area is 114 Å². The number of carbonyl (C=O) groups excluding carboxylic acids is 1. The highest BCUT2D eigenvalue weighted by Gasteiger charge is 2.32. The smallest absolute Gasteiger partial charge is 0.326 e. The SMILES string of the molecule is O=C(N[C@@H](Cc1ccccc1Br)C(=O)O)C1CC1. The van der Waals surface area contributed by atoms with Crippen molar-refractivity contribution in [1.82, 2.24) is 5.32 Å². The zero-order valence-electron chi connectivity index (χ0n) is 9.73. The predicted molar refractivity (Wildman–Crippen MR) is 70.1 cm³/mol. The molecule has 0 aromatic heterocycles. The molecule has 2 rings (SSSR count). The van der Waals surface area contributed by atoms with Gasteiger partial charge in [-0.3, -0.25) is 4.79 Å². The molecular weight excluding hydrogens is 298 g/mol. The molecule has 0 unspecified atom stereocenters. The first-order valence-corrected chi connectivity index (χ1v) is 6.64. The molecule has 1 amide bonds. The van der Waals surface area contributed by atoms with E-state index in [9.17, 15) is 9.59 Å². The summed E-state index contributed by atoms with van der Waals surface area (Å²) >= 11 is 3.38. The minimum Gasteiger partial charge on any atom is -0.480 e. The number of carboxylic acids is 1. The first-order chi connectivity index (χ1) is 8.58. The van der Waals surface area contributed by atoms with Crippen molar-refractivity contribution in [3.63, 3.8) is 0 Å². The van der Waals surface area contributed by atoms with E-state index < -0.39 is 12.0 Å². The molecule has 1 aliphatic rings. The van der Waals surface area contributed by atoms with Gasteiger partial charge < -0.3 is 10.4 Å². The van der Waals surface area contributed by atoms with E-state index in [-0.39, 0.29) is 18.2 Å². The molecule has 1 atom stereocenters. The zero-order valence-corrected chi connectivity index (χ0v) is 11.3. The lowest BCUT2D eigenvalue weighted by Crippen LogP contribution is -2.43. The largest absolute Gasteiger partial charge is 0.480 e. The second-order valence-corrected chi connectivity index (χ2v) is 5.32. The Kier molecular flexibility index (Phi) is 4.01. The number of nitrogens with one attached hydrogen (secondary N) is 1. The van der Waals surface area contributed by atoms with Crippen molar-refractivity contribution >= 4 is 27.8 Å². The van der Waals surface area contributed by atoms with Crippen molar-refractivity contribution in [1.29, 1.82) is 0 Å². The van der Waals surface area contributed by atoms with Gasteiger partial charge in [-0.15, -0.1) is 0 Å². The average molecular weight is 312 g/mol. The third-order valence-electron chi connectivity index (χ3n) is 2.94. The van der Waals surface area contributed by atoms with Crippen molar-refractivity contribution in [3.8, 4) is 0 Å². The van der Waals surface area contributed by atoms with E-state index in [1.54, 1.807) is 0 Å². The van der Waals surface area contributed by atoms with Gasteiger partial charge in [-0.05, 0) is 24.5 Å². The number of halogens is 1. The third-order valence-corrected chi connectivity index (χ3v) is 3.72. The quantitative estimate of drug-likeness (QED) is 0.873. The van der Waals surface area contributed by atoms with Crippen LogP contribution in [0.4, 0.5) is 0 Å². The van der Waals surface area contributed by atoms with Crippen LogP contribution in [-0.4, -0.2) is 23.0 Å². The molecule has 0 bridgehead atoms. The minimum atomic E-state index is -1.00. The maximum absolute atomic E-state index is 11.6. The maximum atomic E-state index is 11.6. The zero-order chi connectivity index (χ0) is 13.1. The topological polar surface area (TPSA) is 66.4 Å². The standard InChI is InChI=1S/C13H14BrNO3/c14-10-4-2-1-3-9(10)7-11(13(17)18)15-12(16)8-5-6-8/h1-4,8,11H,5-7H2,(H,15,16)(H,17,18)/t11-/m0/s1. The molecule has 1 saturated carbocycles. The lowest BCUT2D eigenvalue weighted by Gasteiger charge is -2.15. The highest BCUT2D eigenvalue weighted by Crippen LogP contribution is 2.29. The van der Waals surface area contributed by atoms with Gasteiger partial charge in [-0.25, -0.2) is 4.79 Å². The van der Waals surface area contributed by atoms with Crippen molar-refractivity contribution < 1.29 is 14.7 Å². The number of carbonyl (C=O) groups is 2. The lowest BCUT2D eigenvalue weighted by atomic mass is 10.1. The molecule has 4 nitrogen and oxygen atoms in total. The third kappa shape index (κ3) is 3.32. The van der Waals surface area contributed by atoms with E-state index in [0.717, 1.165) is 22.9 Å². The number of amides is 1. The summed E-state index contributed by atoms with van der Waals surface area (Å²) < 4.78 is 0.858. The van der Waals surface area contributed by atoms with E-state index >= 15 is 0 Å². The Hall–Kier alpha value is -1.36. The van der Waals surface area contributed by atoms with Crippen LogP contribution in [0.1, 0.15) is 18.4 Å². The minimum absolute atomic E-state index is 0.0195. The first kappa shape index (κ1) is 13.1. The van der Waals surface area contributed by atoms with Gasteiger partial charge >= 0.3 is 5.97 Å². The van der Waals surface area contributed by atoms with Gasteiger partial charge in [-0.1, -0.05) is 34.1 Å². The monoisotopic (exact) mass is 311 g/mol. The van der Waals surface area contributed by atoms with E-state index in [1.165, 1.54) is 0 Å². The van der Waals surface area contributed by atoms with Crippen LogP contribution in [0.15, 0.2) is 28.7 Å². The van der Waals surface area contributed by atoms with Gasteiger partial charge in [0, 0.05) is 16.8 Å². The summed E-state index contributed by atoms with van der Waals surface area (Å²) in [7, 11) is 0.